The van der Waals surface area contributed by atoms with E-state index in [9.17, 15) is 9.90 Å². The van der Waals surface area contributed by atoms with Crippen molar-refractivity contribution in [2.45, 2.75) is 43.8 Å². The molecule has 0 spiro atoms. The van der Waals surface area contributed by atoms with Gasteiger partial charge in [0.05, 0.1) is 21.4 Å². The molecule has 0 fully saturated rings. The van der Waals surface area contributed by atoms with Crippen LogP contribution >= 0.6 is 35.0 Å². The summed E-state index contributed by atoms with van der Waals surface area (Å²) in [6.45, 7) is 8.08. The van der Waals surface area contributed by atoms with Crippen LogP contribution in [0.5, 0.6) is 5.75 Å². The van der Waals surface area contributed by atoms with Gasteiger partial charge < -0.3 is 5.11 Å². The number of rotatable bonds is 6. The van der Waals surface area contributed by atoms with Gasteiger partial charge in [-0.2, -0.15) is 0 Å². The smallest absolute Gasteiger partial charge is 0.228 e. The third-order valence-electron chi connectivity index (χ3n) is 6.49. The van der Waals surface area contributed by atoms with Crippen molar-refractivity contribution in [3.63, 3.8) is 0 Å². The Morgan fingerprint density at radius 2 is 1.55 bits per heavy atom. The third kappa shape index (κ3) is 5.97. The molecule has 0 aliphatic rings. The van der Waals surface area contributed by atoms with Gasteiger partial charge in [-0.05, 0) is 65.1 Å². The van der Waals surface area contributed by atoms with E-state index in [0.29, 0.717) is 32.6 Å². The predicted molar refractivity (Wildman–Crippen MR) is 165 cm³/mol. The summed E-state index contributed by atoms with van der Waals surface area (Å²) in [5, 5.41) is 20.8. The van der Waals surface area contributed by atoms with Crippen molar-refractivity contribution in [2.24, 2.45) is 0 Å². The lowest BCUT2D eigenvalue weighted by Gasteiger charge is -2.22. The molecule has 5 aromatic rings. The van der Waals surface area contributed by atoms with Crippen molar-refractivity contribution in [1.29, 1.82) is 0 Å². The van der Waals surface area contributed by atoms with Crippen LogP contribution in [-0.2, 0) is 16.0 Å². The van der Waals surface area contributed by atoms with E-state index in [-0.39, 0.29) is 17.1 Å². The molecule has 5 rings (SSSR count). The van der Waals surface area contributed by atoms with Gasteiger partial charge in [-0.25, -0.2) is 0 Å². The summed E-state index contributed by atoms with van der Waals surface area (Å²) >= 11 is 13.9. The van der Waals surface area contributed by atoms with Gasteiger partial charge in [-0.15, -0.1) is 26.8 Å². The van der Waals surface area contributed by atoms with Gasteiger partial charge in [-0.1, -0.05) is 68.2 Å². The Morgan fingerprint density at radius 1 is 0.875 bits per heavy atom. The summed E-state index contributed by atoms with van der Waals surface area (Å²) in [5.74, 6) is 0.527. The topological polar surface area (TPSA) is 71.2 Å². The van der Waals surface area contributed by atoms with Crippen molar-refractivity contribution in [3.8, 4) is 11.4 Å². The van der Waals surface area contributed by atoms with Crippen molar-refractivity contribution in [3.05, 3.63) is 100 Å². The summed E-state index contributed by atoms with van der Waals surface area (Å²) < 4.78 is 0. The van der Waals surface area contributed by atoms with E-state index in [0.717, 1.165) is 16.2 Å². The van der Waals surface area contributed by atoms with Crippen LogP contribution < -0.4 is 4.90 Å². The van der Waals surface area contributed by atoms with Gasteiger partial charge in [0, 0.05) is 23.6 Å². The molecule has 1 N–H and O–H groups in total. The van der Waals surface area contributed by atoms with Crippen LogP contribution in [0, 0.1) is 0 Å². The molecule has 0 unspecified atom stereocenters. The Kier molecular flexibility index (Phi) is 7.82. The largest absolute Gasteiger partial charge is 0.506 e. The monoisotopic (exact) mass is 590 g/mol. The summed E-state index contributed by atoms with van der Waals surface area (Å²) in [5.41, 5.74) is 5.54. The van der Waals surface area contributed by atoms with E-state index < -0.39 is 0 Å². The molecule has 4 aromatic carbocycles. The average molecular weight is 592 g/mol. The van der Waals surface area contributed by atoms with Gasteiger partial charge in [0.2, 0.25) is 5.91 Å². The first-order chi connectivity index (χ1) is 19.0. The van der Waals surface area contributed by atoms with Crippen LogP contribution in [0.2, 0.25) is 10.0 Å². The van der Waals surface area contributed by atoms with E-state index in [2.05, 4.69) is 55.2 Å². The highest BCUT2D eigenvalue weighted by Crippen LogP contribution is 2.35. The van der Waals surface area contributed by atoms with Gasteiger partial charge in [0.15, 0.2) is 0 Å². The molecule has 1 heterocycles. The molecule has 0 saturated heterocycles. The molecular formula is C31H28Cl2N4O2S. The number of fused-ring (bicyclic) bond motifs is 1. The number of aromatic hydroxyl groups is 1. The Labute approximate surface area is 247 Å². The minimum absolute atomic E-state index is 0.0718. The molecule has 1 aromatic heterocycles. The average Bonchev–Trinajstić information content (AvgIpc) is 3.32. The molecule has 6 nitrogen and oxygen atoms in total. The normalized spacial score (nSPS) is 11.7. The molecule has 204 valence electrons. The van der Waals surface area contributed by atoms with Crippen LogP contribution in [0.25, 0.3) is 16.7 Å². The second-order valence-corrected chi connectivity index (χ2v) is 12.4. The molecule has 40 heavy (non-hydrogen) atoms. The third-order valence-corrected chi connectivity index (χ3v) is 8.29. The van der Waals surface area contributed by atoms with E-state index >= 15 is 0 Å². The zero-order chi connectivity index (χ0) is 28.6. The maximum absolute atomic E-state index is 12.5. The predicted octanol–water partition coefficient (Wildman–Crippen LogP) is 8.71. The van der Waals surface area contributed by atoms with Crippen LogP contribution in [0.3, 0.4) is 0 Å². The molecule has 0 bridgehead atoms. The number of anilines is 2. The number of amides is 1. The summed E-state index contributed by atoms with van der Waals surface area (Å²) in [4.78, 5) is 16.4. The van der Waals surface area contributed by atoms with Gasteiger partial charge in [0.25, 0.3) is 0 Å². The van der Waals surface area contributed by atoms with Gasteiger partial charge >= 0.3 is 0 Å². The van der Waals surface area contributed by atoms with Crippen LogP contribution in [0.15, 0.2) is 83.8 Å². The molecule has 0 aliphatic carbocycles. The maximum Gasteiger partial charge on any atom is 0.228 e. The lowest BCUT2D eigenvalue weighted by atomic mass is 9.87. The number of nitrogens with zero attached hydrogens (tertiary/aromatic N) is 4. The number of phenolic OH excluding ortho intramolecular Hbond substituents is 1. The minimum atomic E-state index is -0.247. The van der Waals surface area contributed by atoms with Gasteiger partial charge in [0.1, 0.15) is 22.5 Å². The van der Waals surface area contributed by atoms with Gasteiger partial charge in [-0.3, -0.25) is 9.69 Å². The SMILES string of the molecule is CC(=O)N(c1ccc(-n2nc3ccc(SCc4ccc(C(C)(C)C)cc4)cc3n2)c(O)c1)c1ccc(Cl)c(Cl)c1. The number of halogens is 2. The van der Waals surface area contributed by atoms with Crippen LogP contribution in [-0.4, -0.2) is 26.0 Å². The number of hydrogen-bond donors (Lipinski definition) is 1. The quantitative estimate of drug-likeness (QED) is 0.200. The number of thioether (sulfide) groups is 1. The number of carbonyl (C=O) groups is 1. The summed E-state index contributed by atoms with van der Waals surface area (Å²) in [7, 11) is 0. The van der Waals surface area contributed by atoms with Crippen molar-refractivity contribution in [1.82, 2.24) is 15.0 Å². The van der Waals surface area contributed by atoms with E-state index in [1.807, 2.05) is 18.2 Å². The van der Waals surface area contributed by atoms with Crippen LogP contribution in [0.4, 0.5) is 11.4 Å². The first-order valence-electron chi connectivity index (χ1n) is 12.7. The molecule has 0 radical (unpaired) electrons. The Bertz CT molecular complexity index is 1710. The Hall–Kier alpha value is -3.52. The number of hydrogen-bond acceptors (Lipinski definition) is 5. The van der Waals surface area contributed by atoms with Crippen LogP contribution in [0.1, 0.15) is 38.8 Å². The fourth-order valence-corrected chi connectivity index (χ4v) is 5.49. The second-order valence-electron chi connectivity index (χ2n) is 10.5. The molecule has 0 aliphatic heterocycles. The first kappa shape index (κ1) is 28.0. The van der Waals surface area contributed by atoms with Crippen molar-refractivity contribution in [2.75, 3.05) is 4.90 Å². The fraction of sp³-hybridized carbons (Fsp3) is 0.194. The standard InChI is InChI=1S/C31H28Cl2N4O2S/c1-19(38)36(22-9-12-25(32)26(33)15-22)23-10-14-29(30(39)16-23)37-34-27-13-11-24(17-28(27)35-37)40-18-20-5-7-21(8-6-20)31(2,3)4/h5-17,39H,18H2,1-4H3. The molecular weight excluding hydrogens is 563 g/mol. The number of phenols is 1. The highest BCUT2D eigenvalue weighted by atomic mass is 35.5. The number of aromatic nitrogens is 3. The zero-order valence-electron chi connectivity index (χ0n) is 22.5. The Balaban J connectivity index is 1.36. The van der Waals surface area contributed by atoms with E-state index in [1.165, 1.54) is 33.8 Å². The lowest BCUT2D eigenvalue weighted by Crippen LogP contribution is -2.22. The first-order valence-corrected chi connectivity index (χ1v) is 14.4. The molecule has 9 heteroatoms. The molecule has 0 saturated carbocycles. The number of carbonyl (C=O) groups excluding carboxylic acids is 1. The summed E-state index contributed by atoms with van der Waals surface area (Å²) in [6.07, 6.45) is 0. The maximum atomic E-state index is 12.5. The van der Waals surface area contributed by atoms with Crippen molar-refractivity contribution >= 4 is 63.3 Å². The van der Waals surface area contributed by atoms with E-state index in [4.69, 9.17) is 23.2 Å². The highest BCUT2D eigenvalue weighted by molar-refractivity contribution is 7.98. The summed E-state index contributed by atoms with van der Waals surface area (Å²) in [6, 6.07) is 24.5. The Morgan fingerprint density at radius 3 is 2.20 bits per heavy atom. The fourth-order valence-electron chi connectivity index (χ4n) is 4.32. The zero-order valence-corrected chi connectivity index (χ0v) is 24.8. The van der Waals surface area contributed by atoms with Crippen molar-refractivity contribution < 1.29 is 9.90 Å². The molecule has 0 atom stereocenters. The molecule has 1 amide bonds. The lowest BCUT2D eigenvalue weighted by molar-refractivity contribution is -0.115. The minimum Gasteiger partial charge on any atom is -0.506 e. The highest BCUT2D eigenvalue weighted by Gasteiger charge is 2.19. The second kappa shape index (κ2) is 11.2. The number of benzene rings is 4. The van der Waals surface area contributed by atoms with E-state index in [1.54, 1.807) is 42.1 Å².